The topological polar surface area (TPSA) is 63.8 Å². The highest BCUT2D eigenvalue weighted by atomic mass is 32.1. The Balaban J connectivity index is 1.88. The molecule has 0 aliphatic heterocycles. The van der Waals surface area contributed by atoms with Gasteiger partial charge in [-0.25, -0.2) is 0 Å². The third-order valence-corrected chi connectivity index (χ3v) is 3.85. The van der Waals surface area contributed by atoms with Gasteiger partial charge in [-0.2, -0.15) is 0 Å². The molecule has 2 unspecified atom stereocenters. The highest BCUT2D eigenvalue weighted by Crippen LogP contribution is 2.33. The Bertz CT molecular complexity index is 537. The molecule has 88 valence electrons. The third-order valence-electron chi connectivity index (χ3n) is 3.08. The fraction of sp³-hybridized carbons (Fsp3) is 0.333. The van der Waals surface area contributed by atoms with Crippen LogP contribution < -0.4 is 11.1 Å². The molecular formula is C12H14N4S. The average molecular weight is 246 g/mol. The molecule has 1 aliphatic rings. The molecule has 0 radical (unpaired) electrons. The number of benzene rings is 1. The van der Waals surface area contributed by atoms with Crippen LogP contribution in [0.15, 0.2) is 24.3 Å². The maximum Gasteiger partial charge on any atom is 0.206 e. The van der Waals surface area contributed by atoms with Crippen LogP contribution in [0.2, 0.25) is 0 Å². The van der Waals surface area contributed by atoms with Crippen molar-refractivity contribution < 1.29 is 0 Å². The van der Waals surface area contributed by atoms with Crippen LogP contribution in [0.25, 0.3) is 0 Å². The zero-order valence-corrected chi connectivity index (χ0v) is 10.4. The van der Waals surface area contributed by atoms with E-state index in [9.17, 15) is 0 Å². The minimum atomic E-state index is 0.108. The lowest BCUT2D eigenvalue weighted by Crippen LogP contribution is -2.29. The van der Waals surface area contributed by atoms with Crippen LogP contribution in [0.5, 0.6) is 0 Å². The summed E-state index contributed by atoms with van der Waals surface area (Å²) >= 11 is 1.56. The maximum absolute atomic E-state index is 6.18. The van der Waals surface area contributed by atoms with E-state index in [2.05, 4.69) is 39.8 Å². The van der Waals surface area contributed by atoms with Crippen LogP contribution in [0, 0.1) is 6.92 Å². The zero-order chi connectivity index (χ0) is 11.8. The quantitative estimate of drug-likeness (QED) is 0.849. The number of aryl methyl sites for hydroxylation is 1. The molecule has 3 rings (SSSR count). The number of nitrogens with zero attached hydrogens (tertiary/aromatic N) is 2. The van der Waals surface area contributed by atoms with Crippen LogP contribution in [0.1, 0.15) is 22.2 Å². The van der Waals surface area contributed by atoms with Crippen LogP contribution in [-0.2, 0) is 6.42 Å². The van der Waals surface area contributed by atoms with E-state index in [1.54, 1.807) is 11.3 Å². The summed E-state index contributed by atoms with van der Waals surface area (Å²) in [6, 6.07) is 8.64. The van der Waals surface area contributed by atoms with Gasteiger partial charge in [0.25, 0.3) is 0 Å². The summed E-state index contributed by atoms with van der Waals surface area (Å²) < 4.78 is 0. The molecule has 0 bridgehead atoms. The van der Waals surface area contributed by atoms with Gasteiger partial charge in [0.1, 0.15) is 5.01 Å². The van der Waals surface area contributed by atoms with E-state index in [4.69, 9.17) is 5.73 Å². The van der Waals surface area contributed by atoms with Gasteiger partial charge in [-0.15, -0.1) is 10.2 Å². The number of hydrogen-bond donors (Lipinski definition) is 2. The minimum Gasteiger partial charge on any atom is -0.352 e. The minimum absolute atomic E-state index is 0.108. The average Bonchev–Trinajstić information content (AvgIpc) is 2.85. The van der Waals surface area contributed by atoms with Gasteiger partial charge < -0.3 is 11.1 Å². The van der Waals surface area contributed by atoms with E-state index >= 15 is 0 Å². The molecule has 1 aromatic carbocycles. The van der Waals surface area contributed by atoms with Crippen molar-refractivity contribution in [2.45, 2.75) is 25.4 Å². The van der Waals surface area contributed by atoms with Crippen molar-refractivity contribution in [3.05, 3.63) is 40.4 Å². The highest BCUT2D eigenvalue weighted by Gasteiger charge is 2.29. The monoisotopic (exact) mass is 246 g/mol. The Labute approximate surface area is 104 Å². The van der Waals surface area contributed by atoms with Crippen LogP contribution in [0.4, 0.5) is 5.13 Å². The second kappa shape index (κ2) is 4.09. The van der Waals surface area contributed by atoms with Crippen molar-refractivity contribution in [3.63, 3.8) is 0 Å². The third kappa shape index (κ3) is 1.92. The summed E-state index contributed by atoms with van der Waals surface area (Å²) in [7, 11) is 0. The van der Waals surface area contributed by atoms with E-state index in [1.807, 2.05) is 6.92 Å². The molecule has 3 N–H and O–H groups in total. The maximum atomic E-state index is 6.18. The molecule has 0 saturated heterocycles. The molecule has 5 heteroatoms. The summed E-state index contributed by atoms with van der Waals surface area (Å²) in [4.78, 5) is 0. The van der Waals surface area contributed by atoms with Gasteiger partial charge in [0.05, 0.1) is 6.04 Å². The van der Waals surface area contributed by atoms with E-state index < -0.39 is 0 Å². The van der Waals surface area contributed by atoms with Gasteiger partial charge in [0.2, 0.25) is 5.13 Å². The molecule has 2 atom stereocenters. The number of nitrogens with one attached hydrogen (secondary N) is 1. The number of rotatable bonds is 2. The number of nitrogens with two attached hydrogens (primary N) is 1. The number of hydrogen-bond acceptors (Lipinski definition) is 5. The Morgan fingerprint density at radius 3 is 2.94 bits per heavy atom. The van der Waals surface area contributed by atoms with E-state index in [1.165, 1.54) is 11.1 Å². The van der Waals surface area contributed by atoms with Gasteiger partial charge in [0.15, 0.2) is 0 Å². The fourth-order valence-electron chi connectivity index (χ4n) is 2.30. The number of aromatic nitrogens is 2. The van der Waals surface area contributed by atoms with Crippen molar-refractivity contribution in [2.75, 3.05) is 5.32 Å². The molecule has 2 aromatic rings. The molecule has 1 aliphatic carbocycles. The molecule has 17 heavy (non-hydrogen) atoms. The molecule has 0 amide bonds. The number of anilines is 1. The fourth-order valence-corrected chi connectivity index (χ4v) is 2.93. The SMILES string of the molecule is Cc1nnc(NC2c3ccccc3CC2N)s1. The van der Waals surface area contributed by atoms with Crippen molar-refractivity contribution in [2.24, 2.45) is 5.73 Å². The van der Waals surface area contributed by atoms with Crippen molar-refractivity contribution in [3.8, 4) is 0 Å². The zero-order valence-electron chi connectivity index (χ0n) is 9.55. The first-order chi connectivity index (χ1) is 8.24. The Morgan fingerprint density at radius 2 is 2.18 bits per heavy atom. The lowest BCUT2D eigenvalue weighted by atomic mass is 10.1. The first-order valence-corrected chi connectivity index (χ1v) is 6.46. The van der Waals surface area contributed by atoms with Gasteiger partial charge in [-0.05, 0) is 24.5 Å². The second-order valence-electron chi connectivity index (χ2n) is 4.32. The summed E-state index contributed by atoms with van der Waals surface area (Å²) in [5.41, 5.74) is 8.80. The summed E-state index contributed by atoms with van der Waals surface area (Å²) in [6.45, 7) is 1.95. The highest BCUT2D eigenvalue weighted by molar-refractivity contribution is 7.15. The lowest BCUT2D eigenvalue weighted by molar-refractivity contribution is 0.624. The molecule has 1 heterocycles. The predicted molar refractivity (Wildman–Crippen MR) is 69.1 cm³/mol. The predicted octanol–water partition coefficient (Wildman–Crippen LogP) is 1.88. The van der Waals surface area contributed by atoms with Crippen LogP contribution in [-0.4, -0.2) is 16.2 Å². The van der Waals surface area contributed by atoms with Gasteiger partial charge in [-0.3, -0.25) is 0 Å². The van der Waals surface area contributed by atoms with E-state index in [0.717, 1.165) is 16.6 Å². The standard InChI is InChI=1S/C12H14N4S/c1-7-15-16-12(17-7)14-11-9-5-3-2-4-8(9)6-10(11)13/h2-5,10-11H,6,13H2,1H3,(H,14,16). The van der Waals surface area contributed by atoms with E-state index in [-0.39, 0.29) is 12.1 Å². The summed E-state index contributed by atoms with van der Waals surface area (Å²) in [6.07, 6.45) is 0.922. The van der Waals surface area contributed by atoms with Gasteiger partial charge >= 0.3 is 0 Å². The Morgan fingerprint density at radius 1 is 1.35 bits per heavy atom. The molecule has 0 spiro atoms. The van der Waals surface area contributed by atoms with Gasteiger partial charge in [-0.1, -0.05) is 35.6 Å². The van der Waals surface area contributed by atoms with Crippen molar-refractivity contribution >= 4 is 16.5 Å². The summed E-state index contributed by atoms with van der Waals surface area (Å²) in [5.74, 6) is 0. The molecule has 0 fully saturated rings. The normalized spacial score (nSPS) is 22.5. The van der Waals surface area contributed by atoms with Crippen LogP contribution >= 0.6 is 11.3 Å². The molecule has 1 aromatic heterocycles. The largest absolute Gasteiger partial charge is 0.352 e. The number of fused-ring (bicyclic) bond motifs is 1. The molecule has 4 nitrogen and oxygen atoms in total. The van der Waals surface area contributed by atoms with Crippen molar-refractivity contribution in [1.82, 2.24) is 10.2 Å². The Kier molecular flexibility index (Phi) is 2.57. The second-order valence-corrected chi connectivity index (χ2v) is 5.50. The van der Waals surface area contributed by atoms with Crippen LogP contribution in [0.3, 0.4) is 0 Å². The van der Waals surface area contributed by atoms with Gasteiger partial charge in [0, 0.05) is 6.04 Å². The lowest BCUT2D eigenvalue weighted by Gasteiger charge is -2.17. The summed E-state index contributed by atoms with van der Waals surface area (Å²) in [5, 5.41) is 13.3. The van der Waals surface area contributed by atoms with E-state index in [0.29, 0.717) is 0 Å². The first-order valence-electron chi connectivity index (χ1n) is 5.64. The first kappa shape index (κ1) is 10.7. The van der Waals surface area contributed by atoms with Crippen molar-refractivity contribution in [1.29, 1.82) is 0 Å². The Hall–Kier alpha value is -1.46. The molecular weight excluding hydrogens is 232 g/mol. The smallest absolute Gasteiger partial charge is 0.206 e. The molecule has 0 saturated carbocycles.